The van der Waals surface area contributed by atoms with Crippen LogP contribution in [0.25, 0.3) is 0 Å². The van der Waals surface area contributed by atoms with Crippen LogP contribution in [0.2, 0.25) is 0 Å². The number of nitrogens with one attached hydrogen (secondary N) is 2. The molecule has 0 aliphatic carbocycles. The highest BCUT2D eigenvalue weighted by Crippen LogP contribution is 2.28. The third kappa shape index (κ3) is 3.77. The van der Waals surface area contributed by atoms with Gasteiger partial charge in [-0.1, -0.05) is 26.0 Å². The zero-order chi connectivity index (χ0) is 19.8. The second-order valence-electron chi connectivity index (χ2n) is 7.76. The van der Waals surface area contributed by atoms with Crippen LogP contribution in [0.3, 0.4) is 0 Å². The van der Waals surface area contributed by atoms with Gasteiger partial charge in [-0.25, -0.2) is 4.79 Å². The van der Waals surface area contributed by atoms with Gasteiger partial charge in [-0.3, -0.25) is 14.9 Å². The molecule has 2 aliphatic rings. The van der Waals surface area contributed by atoms with E-state index >= 15 is 0 Å². The van der Waals surface area contributed by atoms with Crippen molar-refractivity contribution in [2.75, 3.05) is 13.1 Å². The summed E-state index contributed by atoms with van der Waals surface area (Å²) in [6, 6.07) is 5.61. The van der Waals surface area contributed by atoms with Gasteiger partial charge in [0.1, 0.15) is 11.3 Å². The lowest BCUT2D eigenvalue weighted by Gasteiger charge is -2.37. The smallest absolute Gasteiger partial charge is 0.322 e. The predicted octanol–water partition coefficient (Wildman–Crippen LogP) is 2.09. The Balaban J connectivity index is 1.63. The number of urea groups is 1. The first-order valence-corrected chi connectivity index (χ1v) is 9.41. The molecule has 0 radical (unpaired) electrons. The van der Waals surface area contributed by atoms with Crippen LogP contribution < -0.4 is 15.4 Å². The highest BCUT2D eigenvalue weighted by atomic mass is 16.5. The van der Waals surface area contributed by atoms with E-state index in [0.29, 0.717) is 31.8 Å². The van der Waals surface area contributed by atoms with Crippen molar-refractivity contribution in [1.82, 2.24) is 15.5 Å². The maximum atomic E-state index is 12.8. The molecule has 146 valence electrons. The molecule has 0 saturated carbocycles. The molecule has 2 fully saturated rings. The fourth-order valence-corrected chi connectivity index (χ4v) is 3.59. The Morgan fingerprint density at radius 1 is 1.19 bits per heavy atom. The van der Waals surface area contributed by atoms with Crippen LogP contribution in [0.4, 0.5) is 4.79 Å². The lowest BCUT2D eigenvalue weighted by Crippen LogP contribution is -2.57. The quantitative estimate of drug-likeness (QED) is 0.791. The zero-order valence-corrected chi connectivity index (χ0v) is 16.3. The number of hydrogen-bond acceptors (Lipinski definition) is 4. The molecule has 4 amide bonds. The van der Waals surface area contributed by atoms with Crippen molar-refractivity contribution in [2.24, 2.45) is 0 Å². The summed E-state index contributed by atoms with van der Waals surface area (Å²) in [5, 5.41) is 4.98. The van der Waals surface area contributed by atoms with E-state index in [1.165, 1.54) is 0 Å². The van der Waals surface area contributed by atoms with E-state index in [-0.39, 0.29) is 11.8 Å². The lowest BCUT2D eigenvalue weighted by atomic mass is 9.87. The molecular weight excluding hydrogens is 346 g/mol. The van der Waals surface area contributed by atoms with Gasteiger partial charge in [0.2, 0.25) is 0 Å². The molecule has 7 nitrogen and oxygen atoms in total. The highest BCUT2D eigenvalue weighted by molar-refractivity contribution is 6.07. The molecular formula is C20H27N3O4. The van der Waals surface area contributed by atoms with Crippen molar-refractivity contribution in [3.8, 4) is 5.75 Å². The molecule has 7 heteroatoms. The van der Waals surface area contributed by atoms with Crippen molar-refractivity contribution in [2.45, 2.75) is 58.1 Å². The monoisotopic (exact) mass is 373 g/mol. The first-order valence-electron chi connectivity index (χ1n) is 9.41. The third-order valence-electron chi connectivity index (χ3n) is 5.47. The molecule has 0 bridgehead atoms. The highest BCUT2D eigenvalue weighted by Gasteiger charge is 2.48. The van der Waals surface area contributed by atoms with Gasteiger partial charge in [-0.05, 0) is 49.8 Å². The summed E-state index contributed by atoms with van der Waals surface area (Å²) in [6.45, 7) is 8.76. The van der Waals surface area contributed by atoms with Crippen LogP contribution in [-0.4, -0.2) is 47.5 Å². The number of ether oxygens (including phenoxy) is 1. The van der Waals surface area contributed by atoms with Crippen LogP contribution >= 0.6 is 0 Å². The fourth-order valence-electron chi connectivity index (χ4n) is 3.59. The largest absolute Gasteiger partial charge is 0.481 e. The number of imide groups is 1. The number of carbonyl (C=O) groups is 3. The van der Waals surface area contributed by atoms with E-state index in [1.54, 1.807) is 11.8 Å². The minimum atomic E-state index is -0.875. The van der Waals surface area contributed by atoms with Gasteiger partial charge in [-0.2, -0.15) is 0 Å². The predicted molar refractivity (Wildman–Crippen MR) is 101 cm³/mol. The van der Waals surface area contributed by atoms with Crippen LogP contribution in [0, 0.1) is 6.92 Å². The molecule has 2 aliphatic heterocycles. The second kappa shape index (κ2) is 7.21. The second-order valence-corrected chi connectivity index (χ2v) is 7.76. The summed E-state index contributed by atoms with van der Waals surface area (Å²) in [7, 11) is 0. The number of nitrogens with zero attached hydrogens (tertiary/aromatic N) is 1. The Morgan fingerprint density at radius 3 is 2.41 bits per heavy atom. The van der Waals surface area contributed by atoms with Crippen LogP contribution in [-0.2, 0) is 9.59 Å². The fraction of sp³-hybridized carbons (Fsp3) is 0.550. The van der Waals surface area contributed by atoms with Crippen molar-refractivity contribution >= 4 is 17.8 Å². The topological polar surface area (TPSA) is 87.7 Å². The molecule has 2 saturated heterocycles. The Labute approximate surface area is 159 Å². The van der Waals surface area contributed by atoms with Crippen molar-refractivity contribution in [3.05, 3.63) is 29.3 Å². The molecule has 1 aromatic carbocycles. The Bertz CT molecular complexity index is 766. The number of benzene rings is 1. The summed E-state index contributed by atoms with van der Waals surface area (Å²) in [4.78, 5) is 37.9. The Hall–Kier alpha value is -2.57. The minimum Gasteiger partial charge on any atom is -0.481 e. The summed E-state index contributed by atoms with van der Waals surface area (Å²) in [5.74, 6) is 0.692. The van der Waals surface area contributed by atoms with Gasteiger partial charge in [0, 0.05) is 13.1 Å². The van der Waals surface area contributed by atoms with E-state index in [0.717, 1.165) is 16.9 Å². The molecule has 27 heavy (non-hydrogen) atoms. The molecule has 3 rings (SSSR count). The minimum absolute atomic E-state index is 0.107. The normalized spacial score (nSPS) is 19.8. The van der Waals surface area contributed by atoms with Crippen LogP contribution in [0.15, 0.2) is 18.2 Å². The molecule has 0 aromatic heterocycles. The van der Waals surface area contributed by atoms with E-state index < -0.39 is 17.7 Å². The van der Waals surface area contributed by atoms with Gasteiger partial charge in [0.25, 0.3) is 11.8 Å². The standard InChI is InChI=1S/C20H27N3O4/c1-12(2)15-6-5-13(3)16(11-15)27-14(4)17(24)23-9-7-20(8-10-23)18(25)21-19(26)22-20/h5-6,11-12,14H,7-10H2,1-4H3,(H2,21,22,25,26)/t14-/m1/s1. The average Bonchev–Trinajstić information content (AvgIpc) is 2.89. The molecule has 1 spiro atoms. The SMILES string of the molecule is Cc1ccc(C(C)C)cc1O[C@H](C)C(=O)N1CCC2(CC1)NC(=O)NC2=O. The molecule has 2 N–H and O–H groups in total. The number of rotatable bonds is 4. The van der Waals surface area contributed by atoms with Gasteiger partial charge >= 0.3 is 6.03 Å². The first-order chi connectivity index (χ1) is 12.7. The van der Waals surface area contributed by atoms with Crippen LogP contribution in [0.5, 0.6) is 5.75 Å². The third-order valence-corrected chi connectivity index (χ3v) is 5.47. The summed E-state index contributed by atoms with van der Waals surface area (Å²) < 4.78 is 5.97. The van der Waals surface area contributed by atoms with Crippen LogP contribution in [0.1, 0.15) is 50.7 Å². The molecule has 2 heterocycles. The van der Waals surface area contributed by atoms with E-state index in [4.69, 9.17) is 4.74 Å². The number of amides is 4. The Kier molecular flexibility index (Phi) is 5.13. The number of piperidine rings is 1. The summed E-state index contributed by atoms with van der Waals surface area (Å²) >= 11 is 0. The molecule has 1 atom stereocenters. The van der Waals surface area contributed by atoms with Gasteiger partial charge in [-0.15, -0.1) is 0 Å². The molecule has 1 aromatic rings. The maximum absolute atomic E-state index is 12.8. The Morgan fingerprint density at radius 2 is 1.85 bits per heavy atom. The zero-order valence-electron chi connectivity index (χ0n) is 16.3. The van der Waals surface area contributed by atoms with Gasteiger partial charge in [0.05, 0.1) is 0 Å². The van der Waals surface area contributed by atoms with Gasteiger partial charge in [0.15, 0.2) is 6.10 Å². The first kappa shape index (κ1) is 19.2. The summed E-state index contributed by atoms with van der Waals surface area (Å²) in [5.41, 5.74) is 1.28. The maximum Gasteiger partial charge on any atom is 0.322 e. The lowest BCUT2D eigenvalue weighted by molar-refractivity contribution is -0.141. The summed E-state index contributed by atoms with van der Waals surface area (Å²) in [6.07, 6.45) is 0.197. The van der Waals surface area contributed by atoms with E-state index in [1.807, 2.05) is 19.1 Å². The average molecular weight is 373 g/mol. The van der Waals surface area contributed by atoms with Gasteiger partial charge < -0.3 is 15.0 Å². The van der Waals surface area contributed by atoms with E-state index in [2.05, 4.69) is 30.5 Å². The molecule has 0 unspecified atom stereocenters. The van der Waals surface area contributed by atoms with E-state index in [9.17, 15) is 14.4 Å². The van der Waals surface area contributed by atoms with Crippen molar-refractivity contribution in [3.63, 3.8) is 0 Å². The van der Waals surface area contributed by atoms with Crippen molar-refractivity contribution < 1.29 is 19.1 Å². The van der Waals surface area contributed by atoms with Crippen molar-refractivity contribution in [1.29, 1.82) is 0 Å². The number of aryl methyl sites for hydroxylation is 1. The number of carbonyl (C=O) groups excluding carboxylic acids is 3. The number of likely N-dealkylation sites (tertiary alicyclic amines) is 1. The number of hydrogen-bond donors (Lipinski definition) is 2.